The maximum absolute atomic E-state index is 12.8. The van der Waals surface area contributed by atoms with Gasteiger partial charge in [0.25, 0.3) is 5.56 Å². The minimum Gasteiger partial charge on any atom is -0.464 e. The number of aromatic amines is 1. The molecule has 1 N–H and O–H groups in total. The smallest absolute Gasteiger partial charge is 0.256 e. The Bertz CT molecular complexity index is 1320. The largest absolute Gasteiger partial charge is 0.464 e. The molecule has 4 aromatic rings. The van der Waals surface area contributed by atoms with E-state index in [-0.39, 0.29) is 11.0 Å². The number of halogens is 1. The Morgan fingerprint density at radius 1 is 1.21 bits per heavy atom. The van der Waals surface area contributed by atoms with Crippen LogP contribution in [0, 0.1) is 0 Å². The molecule has 0 saturated heterocycles. The summed E-state index contributed by atoms with van der Waals surface area (Å²) >= 11 is 6.02. The summed E-state index contributed by atoms with van der Waals surface area (Å²) in [6, 6.07) is 8.48. The lowest BCUT2D eigenvalue weighted by atomic mass is 10.1. The van der Waals surface area contributed by atoms with E-state index in [1.807, 2.05) is 4.90 Å². The lowest BCUT2D eigenvalue weighted by Crippen LogP contribution is -2.36. The van der Waals surface area contributed by atoms with Crippen molar-refractivity contribution < 1.29 is 8.83 Å². The molecule has 1 aliphatic heterocycles. The van der Waals surface area contributed by atoms with E-state index in [1.165, 1.54) is 6.26 Å². The molecule has 0 saturated carbocycles. The number of benzene rings is 1. The summed E-state index contributed by atoms with van der Waals surface area (Å²) in [6.07, 6.45) is 3.63. The van der Waals surface area contributed by atoms with Crippen LogP contribution in [0.4, 0.5) is 0 Å². The van der Waals surface area contributed by atoms with E-state index in [1.54, 1.807) is 36.6 Å². The van der Waals surface area contributed by atoms with Crippen molar-refractivity contribution in [3.63, 3.8) is 0 Å². The van der Waals surface area contributed by atoms with Crippen molar-refractivity contribution in [1.82, 2.24) is 14.9 Å². The van der Waals surface area contributed by atoms with Crippen LogP contribution in [0.15, 0.2) is 61.3 Å². The number of furan rings is 1. The van der Waals surface area contributed by atoms with Crippen molar-refractivity contribution >= 4 is 22.6 Å². The van der Waals surface area contributed by atoms with Crippen LogP contribution in [0.2, 0.25) is 5.02 Å². The molecular weight excluding hydrogens is 394 g/mol. The third-order valence-corrected chi connectivity index (χ3v) is 5.34. The monoisotopic (exact) mass is 409 g/mol. The first-order valence-electron chi connectivity index (χ1n) is 9.17. The maximum atomic E-state index is 12.8. The van der Waals surface area contributed by atoms with Crippen LogP contribution in [0.5, 0.6) is 0 Å². The van der Waals surface area contributed by atoms with E-state index in [9.17, 15) is 9.59 Å². The Hall–Kier alpha value is -3.16. The van der Waals surface area contributed by atoms with Crippen LogP contribution in [-0.4, -0.2) is 21.4 Å². The molecule has 0 unspecified atom stereocenters. The van der Waals surface area contributed by atoms with Gasteiger partial charge in [-0.05, 0) is 30.3 Å². The summed E-state index contributed by atoms with van der Waals surface area (Å²) in [7, 11) is 0. The summed E-state index contributed by atoms with van der Waals surface area (Å²) in [5.74, 6) is 0.957. The number of fused-ring (bicyclic) bond motifs is 2. The number of aromatic nitrogens is 2. The number of rotatable bonds is 3. The first-order valence-corrected chi connectivity index (χ1v) is 9.54. The van der Waals surface area contributed by atoms with Gasteiger partial charge in [-0.15, -0.1) is 0 Å². The van der Waals surface area contributed by atoms with E-state index in [0.29, 0.717) is 64.8 Å². The summed E-state index contributed by atoms with van der Waals surface area (Å²) in [5, 5.41) is 0.939. The Balaban J connectivity index is 1.43. The molecular formula is C21H16ClN3O4. The van der Waals surface area contributed by atoms with Crippen LogP contribution >= 0.6 is 11.6 Å². The normalized spacial score (nSPS) is 14.2. The van der Waals surface area contributed by atoms with Crippen molar-refractivity contribution in [1.29, 1.82) is 0 Å². The lowest BCUT2D eigenvalue weighted by molar-refractivity contribution is 0.239. The van der Waals surface area contributed by atoms with Gasteiger partial charge >= 0.3 is 0 Å². The van der Waals surface area contributed by atoms with E-state index in [4.69, 9.17) is 20.4 Å². The van der Waals surface area contributed by atoms with Crippen molar-refractivity contribution in [2.24, 2.45) is 0 Å². The standard InChI is InChI=1S/C21H16ClN3O4/c22-13-3-4-17-14(8-13)19(26)12(11-29-17)9-25-6-5-16-15(10-25)21(27)24-20(23-16)18-2-1-7-28-18/h1-4,7-8,11H,5-6,9-10H2,(H,23,24,27). The lowest BCUT2D eigenvalue weighted by Gasteiger charge is -2.27. The third kappa shape index (κ3) is 3.28. The van der Waals surface area contributed by atoms with Crippen LogP contribution < -0.4 is 11.0 Å². The van der Waals surface area contributed by atoms with E-state index in [0.717, 1.165) is 5.69 Å². The van der Waals surface area contributed by atoms with Crippen LogP contribution in [0.1, 0.15) is 16.8 Å². The second kappa shape index (κ2) is 7.02. The molecule has 0 radical (unpaired) electrons. The molecule has 0 atom stereocenters. The molecule has 0 spiro atoms. The van der Waals surface area contributed by atoms with E-state index < -0.39 is 0 Å². The predicted molar refractivity (Wildman–Crippen MR) is 108 cm³/mol. The summed E-state index contributed by atoms with van der Waals surface area (Å²) in [6.45, 7) is 1.46. The summed E-state index contributed by atoms with van der Waals surface area (Å²) in [5.41, 5.74) is 2.09. The highest BCUT2D eigenvalue weighted by Crippen LogP contribution is 2.21. The number of H-pyrrole nitrogens is 1. The highest BCUT2D eigenvalue weighted by atomic mass is 35.5. The minimum atomic E-state index is -0.191. The Morgan fingerprint density at radius 3 is 2.93 bits per heavy atom. The van der Waals surface area contributed by atoms with Crippen molar-refractivity contribution in [3.05, 3.63) is 85.3 Å². The average Bonchev–Trinajstić information content (AvgIpc) is 3.26. The number of hydrogen-bond donors (Lipinski definition) is 1. The first kappa shape index (κ1) is 17.9. The quantitative estimate of drug-likeness (QED) is 0.558. The molecule has 0 bridgehead atoms. The molecule has 0 amide bonds. The fourth-order valence-electron chi connectivity index (χ4n) is 3.64. The van der Waals surface area contributed by atoms with Gasteiger partial charge in [0.15, 0.2) is 17.0 Å². The summed E-state index contributed by atoms with van der Waals surface area (Å²) in [4.78, 5) is 34.8. The average molecular weight is 410 g/mol. The Morgan fingerprint density at radius 2 is 2.10 bits per heavy atom. The minimum absolute atomic E-state index is 0.111. The van der Waals surface area contributed by atoms with Gasteiger partial charge in [-0.25, -0.2) is 4.98 Å². The zero-order valence-corrected chi connectivity index (χ0v) is 16.0. The molecule has 8 heteroatoms. The Kier molecular flexibility index (Phi) is 4.34. The zero-order chi connectivity index (χ0) is 20.0. The third-order valence-electron chi connectivity index (χ3n) is 5.10. The molecule has 1 aromatic carbocycles. The zero-order valence-electron chi connectivity index (χ0n) is 15.3. The Labute approximate surface area is 169 Å². The SMILES string of the molecule is O=c1[nH]c(-c2ccco2)nc2c1CN(Cc1coc3ccc(Cl)cc3c1=O)CC2. The molecule has 0 fully saturated rings. The van der Waals surface area contributed by atoms with E-state index >= 15 is 0 Å². The fourth-order valence-corrected chi connectivity index (χ4v) is 3.81. The van der Waals surface area contributed by atoms with Gasteiger partial charge in [-0.2, -0.15) is 0 Å². The van der Waals surface area contributed by atoms with Gasteiger partial charge in [-0.3, -0.25) is 14.5 Å². The van der Waals surface area contributed by atoms with Gasteiger partial charge < -0.3 is 13.8 Å². The number of nitrogens with zero attached hydrogens (tertiary/aromatic N) is 2. The molecule has 146 valence electrons. The highest BCUT2D eigenvalue weighted by molar-refractivity contribution is 6.31. The maximum Gasteiger partial charge on any atom is 0.256 e. The summed E-state index contributed by atoms with van der Waals surface area (Å²) < 4.78 is 10.9. The molecule has 29 heavy (non-hydrogen) atoms. The molecule has 0 aliphatic carbocycles. The van der Waals surface area contributed by atoms with Crippen molar-refractivity contribution in [3.8, 4) is 11.6 Å². The van der Waals surface area contributed by atoms with Crippen LogP contribution in [0.3, 0.4) is 0 Å². The molecule has 1 aliphatic rings. The first-order chi connectivity index (χ1) is 14.1. The van der Waals surface area contributed by atoms with Gasteiger partial charge in [0.2, 0.25) is 0 Å². The fraction of sp³-hybridized carbons (Fsp3) is 0.190. The van der Waals surface area contributed by atoms with Crippen LogP contribution in [0.25, 0.3) is 22.6 Å². The second-order valence-electron chi connectivity index (χ2n) is 7.01. The second-order valence-corrected chi connectivity index (χ2v) is 7.44. The molecule has 5 rings (SSSR count). The molecule has 4 heterocycles. The number of nitrogens with one attached hydrogen (secondary N) is 1. The van der Waals surface area contributed by atoms with Gasteiger partial charge in [0, 0.05) is 36.6 Å². The highest BCUT2D eigenvalue weighted by Gasteiger charge is 2.23. The number of hydrogen-bond acceptors (Lipinski definition) is 6. The van der Waals surface area contributed by atoms with Gasteiger partial charge in [-0.1, -0.05) is 11.6 Å². The van der Waals surface area contributed by atoms with Crippen molar-refractivity contribution in [2.45, 2.75) is 19.5 Å². The van der Waals surface area contributed by atoms with E-state index in [2.05, 4.69) is 9.97 Å². The molecule has 7 nitrogen and oxygen atoms in total. The van der Waals surface area contributed by atoms with Crippen LogP contribution in [-0.2, 0) is 19.5 Å². The topological polar surface area (TPSA) is 92.3 Å². The van der Waals surface area contributed by atoms with Crippen molar-refractivity contribution in [2.75, 3.05) is 6.54 Å². The van der Waals surface area contributed by atoms with Gasteiger partial charge in [0.1, 0.15) is 5.58 Å². The molecule has 3 aromatic heterocycles. The predicted octanol–water partition coefficient (Wildman–Crippen LogP) is 3.35. The van der Waals surface area contributed by atoms with Gasteiger partial charge in [0.05, 0.1) is 29.2 Å².